The Morgan fingerprint density at radius 2 is 1.96 bits per heavy atom. The molecule has 0 spiro atoms. The van der Waals surface area contributed by atoms with Gasteiger partial charge in [0.15, 0.2) is 0 Å². The van der Waals surface area contributed by atoms with E-state index in [1.54, 1.807) is 36.2 Å². The zero-order valence-corrected chi connectivity index (χ0v) is 14.7. The highest BCUT2D eigenvalue weighted by Gasteiger charge is 2.26. The predicted octanol–water partition coefficient (Wildman–Crippen LogP) is 2.40. The summed E-state index contributed by atoms with van der Waals surface area (Å²) in [6.07, 6.45) is 3.14. The van der Waals surface area contributed by atoms with Gasteiger partial charge in [0.2, 0.25) is 5.76 Å². The van der Waals surface area contributed by atoms with Crippen LogP contribution in [-0.2, 0) is 0 Å². The molecule has 1 aliphatic rings. The number of anilines is 1. The zero-order valence-electron chi connectivity index (χ0n) is 14.7. The van der Waals surface area contributed by atoms with E-state index in [9.17, 15) is 14.9 Å². The number of nitrogens with zero attached hydrogens (tertiary/aromatic N) is 5. The molecule has 4 rings (SSSR count). The third-order valence-corrected chi connectivity index (χ3v) is 4.72. The summed E-state index contributed by atoms with van der Waals surface area (Å²) in [5.41, 5.74) is 1.61. The van der Waals surface area contributed by atoms with Gasteiger partial charge in [-0.15, -0.1) is 0 Å². The van der Waals surface area contributed by atoms with Crippen molar-refractivity contribution >= 4 is 28.1 Å². The van der Waals surface area contributed by atoms with Crippen LogP contribution in [0.2, 0.25) is 0 Å². The number of aromatic nitrogens is 2. The number of benzene rings is 1. The van der Waals surface area contributed by atoms with Crippen LogP contribution in [0.4, 0.5) is 11.4 Å². The molecule has 0 saturated carbocycles. The average molecular weight is 367 g/mol. The van der Waals surface area contributed by atoms with E-state index >= 15 is 0 Å². The van der Waals surface area contributed by atoms with E-state index < -0.39 is 4.92 Å². The van der Waals surface area contributed by atoms with Gasteiger partial charge >= 0.3 is 0 Å². The first-order chi connectivity index (χ1) is 13.0. The lowest BCUT2D eigenvalue weighted by molar-refractivity contribution is -0.383. The van der Waals surface area contributed by atoms with Crippen molar-refractivity contribution in [3.05, 3.63) is 58.2 Å². The van der Waals surface area contributed by atoms with E-state index in [4.69, 9.17) is 4.52 Å². The molecule has 1 aromatic carbocycles. The second-order valence-corrected chi connectivity index (χ2v) is 6.39. The van der Waals surface area contributed by atoms with E-state index in [0.717, 1.165) is 11.1 Å². The van der Waals surface area contributed by atoms with Crippen molar-refractivity contribution in [3.8, 4) is 0 Å². The van der Waals surface area contributed by atoms with Crippen LogP contribution in [0.1, 0.15) is 16.2 Å². The Morgan fingerprint density at radius 3 is 2.63 bits per heavy atom. The summed E-state index contributed by atoms with van der Waals surface area (Å²) in [6, 6.07) is 6.68. The second kappa shape index (κ2) is 6.67. The van der Waals surface area contributed by atoms with Gasteiger partial charge in [-0.3, -0.25) is 19.9 Å². The molecule has 0 radical (unpaired) electrons. The summed E-state index contributed by atoms with van der Waals surface area (Å²) < 4.78 is 5.06. The smallest absolute Gasteiger partial charge is 0.292 e. The lowest BCUT2D eigenvalue weighted by Gasteiger charge is -2.36. The maximum absolute atomic E-state index is 12.5. The number of aryl methyl sites for hydroxylation is 1. The van der Waals surface area contributed by atoms with Crippen LogP contribution >= 0.6 is 0 Å². The Kier molecular flexibility index (Phi) is 4.19. The summed E-state index contributed by atoms with van der Waals surface area (Å²) in [5.74, 6) is 0.0702. The standard InChI is InChI=1S/C18H17N5O4/c1-12-10-17(27-20-12)18(24)22-8-6-21(7-9-22)15-2-3-16(23(25)26)14-11-19-5-4-13(14)15/h2-5,10-11H,6-9H2,1H3. The third-order valence-electron chi connectivity index (χ3n) is 4.72. The van der Waals surface area contributed by atoms with Crippen molar-refractivity contribution in [2.24, 2.45) is 0 Å². The molecule has 1 fully saturated rings. The molecule has 1 aliphatic heterocycles. The molecular weight excluding hydrogens is 350 g/mol. The van der Waals surface area contributed by atoms with Crippen LogP contribution in [0, 0.1) is 17.0 Å². The summed E-state index contributed by atoms with van der Waals surface area (Å²) in [6.45, 7) is 4.07. The van der Waals surface area contributed by atoms with Crippen LogP contribution < -0.4 is 4.90 Å². The number of rotatable bonds is 3. The summed E-state index contributed by atoms with van der Waals surface area (Å²) >= 11 is 0. The maximum Gasteiger partial charge on any atom is 0.292 e. The number of nitro groups is 1. The second-order valence-electron chi connectivity index (χ2n) is 6.39. The molecule has 0 aliphatic carbocycles. The Bertz CT molecular complexity index is 1020. The fourth-order valence-electron chi connectivity index (χ4n) is 3.36. The average Bonchev–Trinajstić information content (AvgIpc) is 3.13. The van der Waals surface area contributed by atoms with Crippen LogP contribution in [0.25, 0.3) is 10.8 Å². The first-order valence-corrected chi connectivity index (χ1v) is 8.53. The lowest BCUT2D eigenvalue weighted by Crippen LogP contribution is -2.48. The number of fused-ring (bicyclic) bond motifs is 1. The summed E-state index contributed by atoms with van der Waals surface area (Å²) in [4.78, 5) is 31.2. The number of hydrogen-bond donors (Lipinski definition) is 0. The van der Waals surface area contributed by atoms with E-state index in [0.29, 0.717) is 37.3 Å². The molecule has 0 N–H and O–H groups in total. The molecule has 3 aromatic rings. The van der Waals surface area contributed by atoms with Crippen molar-refractivity contribution in [2.45, 2.75) is 6.92 Å². The number of amides is 1. The minimum Gasteiger partial charge on any atom is -0.367 e. The molecule has 138 valence electrons. The highest BCUT2D eigenvalue weighted by molar-refractivity contribution is 5.99. The summed E-state index contributed by atoms with van der Waals surface area (Å²) in [7, 11) is 0. The van der Waals surface area contributed by atoms with Gasteiger partial charge in [0, 0.05) is 61.8 Å². The van der Waals surface area contributed by atoms with Crippen molar-refractivity contribution < 1.29 is 14.2 Å². The van der Waals surface area contributed by atoms with Gasteiger partial charge in [-0.25, -0.2) is 0 Å². The predicted molar refractivity (Wildman–Crippen MR) is 97.8 cm³/mol. The van der Waals surface area contributed by atoms with Crippen molar-refractivity contribution in [2.75, 3.05) is 31.1 Å². The number of pyridine rings is 1. The fraction of sp³-hybridized carbons (Fsp3) is 0.278. The van der Waals surface area contributed by atoms with Gasteiger partial charge in [0.25, 0.3) is 11.6 Å². The van der Waals surface area contributed by atoms with E-state index in [-0.39, 0.29) is 17.4 Å². The highest BCUT2D eigenvalue weighted by atomic mass is 16.6. The number of hydrogen-bond acceptors (Lipinski definition) is 7. The zero-order chi connectivity index (χ0) is 19.0. The molecule has 9 heteroatoms. The molecule has 1 saturated heterocycles. The molecule has 0 bridgehead atoms. The molecule has 9 nitrogen and oxygen atoms in total. The largest absolute Gasteiger partial charge is 0.367 e. The third kappa shape index (κ3) is 3.07. The Labute approximate surface area is 154 Å². The Balaban J connectivity index is 1.56. The van der Waals surface area contributed by atoms with Gasteiger partial charge < -0.3 is 14.3 Å². The van der Waals surface area contributed by atoms with Crippen LogP contribution in [0.5, 0.6) is 0 Å². The SMILES string of the molecule is Cc1cc(C(=O)N2CCN(c3ccc([N+](=O)[O-])c4cnccc34)CC2)on1. The minimum atomic E-state index is -0.399. The molecule has 27 heavy (non-hydrogen) atoms. The number of carbonyl (C=O) groups is 1. The molecule has 2 aromatic heterocycles. The van der Waals surface area contributed by atoms with Gasteiger partial charge in [-0.05, 0) is 19.1 Å². The topological polar surface area (TPSA) is 106 Å². The van der Waals surface area contributed by atoms with Crippen molar-refractivity contribution in [1.82, 2.24) is 15.0 Å². The van der Waals surface area contributed by atoms with Crippen molar-refractivity contribution in [1.29, 1.82) is 0 Å². The van der Waals surface area contributed by atoms with Gasteiger partial charge in [0.05, 0.1) is 16.0 Å². The number of piperazine rings is 1. The fourth-order valence-corrected chi connectivity index (χ4v) is 3.36. The molecule has 3 heterocycles. The van der Waals surface area contributed by atoms with Crippen LogP contribution in [0.15, 0.2) is 41.2 Å². The maximum atomic E-state index is 12.5. The van der Waals surface area contributed by atoms with E-state index in [2.05, 4.69) is 15.0 Å². The Morgan fingerprint density at radius 1 is 1.19 bits per heavy atom. The first kappa shape index (κ1) is 17.0. The molecule has 1 amide bonds. The number of non-ortho nitro benzene ring substituents is 1. The lowest BCUT2D eigenvalue weighted by atomic mass is 10.1. The van der Waals surface area contributed by atoms with Crippen LogP contribution in [0.3, 0.4) is 0 Å². The monoisotopic (exact) mass is 367 g/mol. The molecule has 0 atom stereocenters. The van der Waals surface area contributed by atoms with E-state index in [1.807, 2.05) is 0 Å². The minimum absolute atomic E-state index is 0.0383. The van der Waals surface area contributed by atoms with Gasteiger partial charge in [-0.2, -0.15) is 0 Å². The molecular formula is C18H17N5O4. The summed E-state index contributed by atoms with van der Waals surface area (Å²) in [5, 5.41) is 16.3. The highest BCUT2D eigenvalue weighted by Crippen LogP contribution is 2.33. The normalized spacial score (nSPS) is 14.6. The quantitative estimate of drug-likeness (QED) is 0.517. The van der Waals surface area contributed by atoms with E-state index in [1.165, 1.54) is 12.3 Å². The number of carbonyl (C=O) groups excluding carboxylic acids is 1. The number of nitro benzene ring substituents is 1. The molecule has 0 unspecified atom stereocenters. The van der Waals surface area contributed by atoms with Gasteiger partial charge in [0.1, 0.15) is 0 Å². The first-order valence-electron chi connectivity index (χ1n) is 8.53. The van der Waals surface area contributed by atoms with Crippen molar-refractivity contribution in [3.63, 3.8) is 0 Å². The van der Waals surface area contributed by atoms with Crippen LogP contribution in [-0.4, -0.2) is 52.1 Å². The Hall–Kier alpha value is -3.49. The van der Waals surface area contributed by atoms with Gasteiger partial charge in [-0.1, -0.05) is 5.16 Å².